The molecule has 136 valence electrons. The van der Waals surface area contributed by atoms with Gasteiger partial charge in [-0.05, 0) is 10.8 Å². The number of hydrogen-bond acceptors (Lipinski definition) is 1. The van der Waals surface area contributed by atoms with Gasteiger partial charge in [-0.2, -0.15) is 4.39 Å². The predicted octanol–water partition coefficient (Wildman–Crippen LogP) is 6.82. The first-order valence-electron chi connectivity index (χ1n) is 8.01. The molecule has 0 aliphatic rings. The zero-order valence-electron chi connectivity index (χ0n) is 13.7. The number of halogens is 5. The van der Waals surface area contributed by atoms with E-state index in [1.807, 2.05) is 0 Å². The number of fused-ring (bicyclic) bond motifs is 2. The Morgan fingerprint density at radius 3 is 1.59 bits per heavy atom. The lowest BCUT2D eigenvalue weighted by molar-refractivity contribution is 0.412. The van der Waals surface area contributed by atoms with Crippen molar-refractivity contribution >= 4 is 37.5 Å². The fourth-order valence-corrected chi connectivity index (χ4v) is 3.96. The Labute approximate surface area is 160 Å². The van der Waals surface area contributed by atoms with E-state index in [2.05, 4.69) is 15.9 Å². The first kappa shape index (κ1) is 17.8. The van der Waals surface area contributed by atoms with E-state index >= 15 is 0 Å². The molecule has 1 N–H and O–H groups in total. The normalized spacial score (nSPS) is 11.4. The molecule has 0 fully saturated rings. The van der Waals surface area contributed by atoms with Crippen molar-refractivity contribution in [2.75, 3.05) is 0 Å². The van der Waals surface area contributed by atoms with Gasteiger partial charge in [-0.1, -0.05) is 64.5 Å². The van der Waals surface area contributed by atoms with E-state index < -0.39 is 29.0 Å². The molecule has 0 unspecified atom stereocenters. The minimum absolute atomic E-state index is 0.0112. The standard InChI is InChI=1S/C21H11BrF4O/c22-9-14-15(10-5-1-3-7-12(10)17(23)19(14)25)16-11-6-2-4-8-13(11)18(24)20(26)21(16)27/h1-8,27H,9H2. The highest BCUT2D eigenvalue weighted by Crippen LogP contribution is 2.46. The molecular weight excluding hydrogens is 424 g/mol. The summed E-state index contributed by atoms with van der Waals surface area (Å²) in [7, 11) is 0. The molecule has 4 aromatic carbocycles. The first-order valence-corrected chi connectivity index (χ1v) is 9.13. The van der Waals surface area contributed by atoms with Crippen molar-refractivity contribution in [3.05, 3.63) is 77.4 Å². The van der Waals surface area contributed by atoms with Gasteiger partial charge in [0.1, 0.15) is 0 Å². The fraction of sp³-hybridized carbons (Fsp3) is 0.0476. The predicted molar refractivity (Wildman–Crippen MR) is 101 cm³/mol. The monoisotopic (exact) mass is 434 g/mol. The lowest BCUT2D eigenvalue weighted by Crippen LogP contribution is -2.01. The van der Waals surface area contributed by atoms with Crippen molar-refractivity contribution in [2.24, 2.45) is 0 Å². The Morgan fingerprint density at radius 1 is 0.630 bits per heavy atom. The van der Waals surface area contributed by atoms with E-state index in [4.69, 9.17) is 0 Å². The summed E-state index contributed by atoms with van der Waals surface area (Å²) in [4.78, 5) is 0. The quantitative estimate of drug-likeness (QED) is 0.271. The number of aromatic hydroxyl groups is 1. The van der Waals surface area contributed by atoms with Gasteiger partial charge in [-0.3, -0.25) is 0 Å². The number of alkyl halides is 1. The Bertz CT molecular complexity index is 1220. The van der Waals surface area contributed by atoms with Crippen LogP contribution in [0.3, 0.4) is 0 Å². The number of hydrogen-bond donors (Lipinski definition) is 1. The minimum Gasteiger partial charge on any atom is -0.504 e. The molecule has 1 nitrogen and oxygen atoms in total. The van der Waals surface area contributed by atoms with E-state index in [0.717, 1.165) is 0 Å². The Hall–Kier alpha value is -2.60. The molecule has 0 bridgehead atoms. The molecule has 6 heteroatoms. The second-order valence-corrected chi connectivity index (χ2v) is 6.62. The second kappa shape index (κ2) is 6.53. The van der Waals surface area contributed by atoms with Gasteiger partial charge in [0.25, 0.3) is 0 Å². The van der Waals surface area contributed by atoms with Crippen molar-refractivity contribution < 1.29 is 22.7 Å². The van der Waals surface area contributed by atoms with E-state index in [0.29, 0.717) is 0 Å². The number of benzene rings is 4. The molecule has 0 aromatic heterocycles. The molecule has 4 rings (SSSR count). The molecule has 0 amide bonds. The molecule has 0 radical (unpaired) electrons. The van der Waals surface area contributed by atoms with Gasteiger partial charge in [0.05, 0.1) is 0 Å². The Kier molecular flexibility index (Phi) is 4.30. The van der Waals surface area contributed by atoms with Crippen LogP contribution in [0.25, 0.3) is 32.7 Å². The summed E-state index contributed by atoms with van der Waals surface area (Å²) < 4.78 is 58.0. The number of rotatable bonds is 2. The van der Waals surface area contributed by atoms with Gasteiger partial charge in [-0.25, -0.2) is 13.2 Å². The summed E-state index contributed by atoms with van der Waals surface area (Å²) in [6.45, 7) is 0. The molecule has 0 heterocycles. The van der Waals surface area contributed by atoms with Crippen LogP contribution in [0.2, 0.25) is 0 Å². The molecule has 0 spiro atoms. The average molecular weight is 435 g/mol. The zero-order chi connectivity index (χ0) is 19.3. The van der Waals surface area contributed by atoms with Crippen molar-refractivity contribution in [3.8, 4) is 16.9 Å². The van der Waals surface area contributed by atoms with Gasteiger partial charge in [0.2, 0.25) is 5.82 Å². The molecule has 0 saturated carbocycles. The third-order valence-corrected chi connectivity index (χ3v) is 5.21. The van der Waals surface area contributed by atoms with E-state index in [1.165, 1.54) is 24.3 Å². The van der Waals surface area contributed by atoms with Crippen LogP contribution in [-0.4, -0.2) is 5.11 Å². The molecule has 4 aromatic rings. The maximum absolute atomic E-state index is 14.7. The van der Waals surface area contributed by atoms with Crippen molar-refractivity contribution in [1.82, 2.24) is 0 Å². The van der Waals surface area contributed by atoms with Gasteiger partial charge in [0, 0.05) is 32.8 Å². The van der Waals surface area contributed by atoms with Crippen molar-refractivity contribution in [2.45, 2.75) is 5.33 Å². The van der Waals surface area contributed by atoms with Gasteiger partial charge < -0.3 is 5.11 Å². The third kappa shape index (κ3) is 2.51. The van der Waals surface area contributed by atoms with Crippen LogP contribution in [0.5, 0.6) is 5.75 Å². The fourth-order valence-electron chi connectivity index (χ4n) is 3.43. The van der Waals surface area contributed by atoms with E-state index in [-0.39, 0.29) is 43.6 Å². The van der Waals surface area contributed by atoms with Gasteiger partial charge in [-0.15, -0.1) is 0 Å². The van der Waals surface area contributed by atoms with Crippen LogP contribution >= 0.6 is 15.9 Å². The lowest BCUT2D eigenvalue weighted by atomic mass is 9.89. The lowest BCUT2D eigenvalue weighted by Gasteiger charge is -2.18. The summed E-state index contributed by atoms with van der Waals surface area (Å²) in [5, 5.41) is 10.8. The number of phenolic OH excluding ortho intramolecular Hbond substituents is 1. The highest BCUT2D eigenvalue weighted by atomic mass is 79.9. The molecule has 0 atom stereocenters. The van der Waals surface area contributed by atoms with Crippen LogP contribution in [0, 0.1) is 23.3 Å². The molecule has 0 saturated heterocycles. The number of phenols is 1. The Morgan fingerprint density at radius 2 is 1.07 bits per heavy atom. The summed E-state index contributed by atoms with van der Waals surface area (Å²) >= 11 is 3.14. The highest BCUT2D eigenvalue weighted by molar-refractivity contribution is 9.08. The molecular formula is C21H11BrF4O. The largest absolute Gasteiger partial charge is 0.504 e. The SMILES string of the molecule is Oc1c(F)c(F)c2ccccc2c1-c1c(CBr)c(F)c(F)c2ccccc12. The minimum atomic E-state index is -1.43. The van der Waals surface area contributed by atoms with Crippen LogP contribution in [0.1, 0.15) is 5.56 Å². The van der Waals surface area contributed by atoms with Crippen LogP contribution in [-0.2, 0) is 5.33 Å². The summed E-state index contributed by atoms with van der Waals surface area (Å²) in [5.74, 6) is -5.70. The van der Waals surface area contributed by atoms with E-state index in [9.17, 15) is 22.7 Å². The zero-order valence-corrected chi connectivity index (χ0v) is 15.2. The summed E-state index contributed by atoms with van der Waals surface area (Å²) in [6.07, 6.45) is 0. The molecule has 27 heavy (non-hydrogen) atoms. The molecule has 0 aliphatic heterocycles. The smallest absolute Gasteiger partial charge is 0.201 e. The van der Waals surface area contributed by atoms with Crippen LogP contribution in [0.15, 0.2) is 48.5 Å². The summed E-state index contributed by atoms with van der Waals surface area (Å²) in [5.41, 5.74) is -0.0410. The van der Waals surface area contributed by atoms with Crippen molar-refractivity contribution in [1.29, 1.82) is 0 Å². The summed E-state index contributed by atoms with van der Waals surface area (Å²) in [6, 6.07) is 12.1. The van der Waals surface area contributed by atoms with Crippen LogP contribution in [0.4, 0.5) is 17.6 Å². The van der Waals surface area contributed by atoms with Crippen molar-refractivity contribution in [3.63, 3.8) is 0 Å². The van der Waals surface area contributed by atoms with Crippen LogP contribution < -0.4 is 0 Å². The average Bonchev–Trinajstić information content (AvgIpc) is 2.70. The van der Waals surface area contributed by atoms with E-state index in [1.54, 1.807) is 24.3 Å². The highest BCUT2D eigenvalue weighted by Gasteiger charge is 2.26. The topological polar surface area (TPSA) is 20.2 Å². The van der Waals surface area contributed by atoms with Gasteiger partial charge in [0.15, 0.2) is 23.2 Å². The van der Waals surface area contributed by atoms with Gasteiger partial charge >= 0.3 is 0 Å². The first-order chi connectivity index (χ1) is 13.0. The maximum atomic E-state index is 14.7. The third-order valence-electron chi connectivity index (χ3n) is 4.65. The Balaban J connectivity index is 2.31. The maximum Gasteiger partial charge on any atom is 0.201 e. The second-order valence-electron chi connectivity index (χ2n) is 6.06. The molecule has 0 aliphatic carbocycles.